The van der Waals surface area contributed by atoms with Gasteiger partial charge in [-0.3, -0.25) is 0 Å². The molecule has 0 spiro atoms. The molecule has 0 aromatic carbocycles. The van der Waals surface area contributed by atoms with Crippen LogP contribution in [0.1, 0.15) is 58.3 Å². The quantitative estimate of drug-likeness (QED) is 0.279. The molecule has 0 saturated carbocycles. The van der Waals surface area contributed by atoms with Crippen molar-refractivity contribution in [1.82, 2.24) is 0 Å². The molecule has 0 fully saturated rings. The fourth-order valence-electron chi connectivity index (χ4n) is 1.50. The molecule has 87 valence electrons. The molecule has 0 aliphatic rings. The molecule has 15 heavy (non-hydrogen) atoms. The average Bonchev–Trinajstić information content (AvgIpc) is 2.26. The van der Waals surface area contributed by atoms with Crippen LogP contribution >= 0.6 is 0 Å². The second-order valence-corrected chi connectivity index (χ2v) is 3.83. The van der Waals surface area contributed by atoms with Gasteiger partial charge in [-0.25, -0.2) is 0 Å². The largest absolute Gasteiger partial charge is 0.498 e. The lowest BCUT2D eigenvalue weighted by Gasteiger charge is -1.98. The molecule has 1 nitrogen and oxygen atoms in total. The molecular weight excluding hydrogens is 184 g/mol. The van der Waals surface area contributed by atoms with Gasteiger partial charge in [-0.05, 0) is 18.9 Å². The van der Waals surface area contributed by atoms with Gasteiger partial charge in [0.15, 0.2) is 0 Å². The Hall–Kier alpha value is -0.720. The third-order valence-electron chi connectivity index (χ3n) is 2.40. The van der Waals surface area contributed by atoms with Gasteiger partial charge in [0, 0.05) is 0 Å². The van der Waals surface area contributed by atoms with E-state index in [1.54, 1.807) is 6.26 Å². The highest BCUT2D eigenvalue weighted by Crippen LogP contribution is 2.08. The minimum atomic E-state index is 1.18. The molecule has 0 saturated heterocycles. The number of unbranched alkanes of at least 4 members (excludes halogenated alkanes) is 7. The van der Waals surface area contributed by atoms with Gasteiger partial charge in [0.05, 0.1) is 6.26 Å². The van der Waals surface area contributed by atoms with Crippen LogP contribution in [0.4, 0.5) is 0 Å². The maximum atomic E-state index is 4.54. The molecule has 0 amide bonds. The summed E-state index contributed by atoms with van der Waals surface area (Å²) in [6.07, 6.45) is 18.5. The van der Waals surface area contributed by atoms with Gasteiger partial charge in [0.2, 0.25) is 0 Å². The van der Waals surface area contributed by atoms with Crippen molar-refractivity contribution in [3.05, 3.63) is 31.6 Å². The van der Waals surface area contributed by atoms with Crippen molar-refractivity contribution in [3.8, 4) is 0 Å². The van der Waals surface area contributed by atoms with Crippen molar-refractivity contribution >= 4 is 0 Å². The van der Waals surface area contributed by atoms with Crippen molar-refractivity contribution in [2.45, 2.75) is 58.3 Å². The zero-order valence-electron chi connectivity index (χ0n) is 10.1. The molecule has 0 aromatic rings. The Balaban J connectivity index is 3.04. The first kappa shape index (κ1) is 14.3. The van der Waals surface area contributed by atoms with E-state index in [-0.39, 0.29) is 0 Å². The van der Waals surface area contributed by atoms with E-state index < -0.39 is 0 Å². The number of allylic oxidation sites excluding steroid dienone is 3. The lowest BCUT2D eigenvalue weighted by atomic mass is 10.1. The Morgan fingerprint density at radius 1 is 0.933 bits per heavy atom. The molecule has 1 radical (unpaired) electrons. The summed E-state index contributed by atoms with van der Waals surface area (Å²) in [5, 5.41) is 0. The standard InChI is InChI=1S/C14H25O/c1-3-4-5-6-7-8-9-10-11-12-13-14-15-2/h11-14H,2-10H2,1H3. The minimum absolute atomic E-state index is 1.18. The highest BCUT2D eigenvalue weighted by atomic mass is 16.5. The van der Waals surface area contributed by atoms with Crippen LogP contribution in [0.2, 0.25) is 0 Å². The molecule has 1 heteroatoms. The van der Waals surface area contributed by atoms with Crippen LogP contribution in [0.15, 0.2) is 24.5 Å². The van der Waals surface area contributed by atoms with Crippen LogP contribution in [0.5, 0.6) is 0 Å². The van der Waals surface area contributed by atoms with Gasteiger partial charge < -0.3 is 4.74 Å². The molecule has 0 aromatic heterocycles. The van der Waals surface area contributed by atoms with E-state index in [0.717, 1.165) is 0 Å². The number of ether oxygens (including phenoxy) is 1. The van der Waals surface area contributed by atoms with E-state index in [4.69, 9.17) is 0 Å². The number of hydrogen-bond donors (Lipinski definition) is 0. The summed E-state index contributed by atoms with van der Waals surface area (Å²) < 4.78 is 4.54. The summed E-state index contributed by atoms with van der Waals surface area (Å²) in [5.41, 5.74) is 0. The molecule has 0 heterocycles. The second-order valence-electron chi connectivity index (χ2n) is 3.83. The summed E-state index contributed by atoms with van der Waals surface area (Å²) in [6, 6.07) is 0. The predicted molar refractivity (Wildman–Crippen MR) is 67.3 cm³/mol. The highest BCUT2D eigenvalue weighted by molar-refractivity contribution is 4.99. The topological polar surface area (TPSA) is 9.23 Å². The van der Waals surface area contributed by atoms with Crippen molar-refractivity contribution in [3.63, 3.8) is 0 Å². The first-order chi connectivity index (χ1) is 7.41. The monoisotopic (exact) mass is 209 g/mol. The van der Waals surface area contributed by atoms with Gasteiger partial charge in [-0.2, -0.15) is 0 Å². The Kier molecular flexibility index (Phi) is 12.6. The van der Waals surface area contributed by atoms with Gasteiger partial charge >= 0.3 is 0 Å². The lowest BCUT2D eigenvalue weighted by Crippen LogP contribution is -1.78. The molecular formula is C14H25O. The van der Waals surface area contributed by atoms with Crippen molar-refractivity contribution in [2.75, 3.05) is 0 Å². The molecule has 0 aliphatic carbocycles. The summed E-state index contributed by atoms with van der Waals surface area (Å²) in [7, 11) is 3.25. The maximum Gasteiger partial charge on any atom is 0.121 e. The fraction of sp³-hybridized carbons (Fsp3) is 0.643. The van der Waals surface area contributed by atoms with Crippen molar-refractivity contribution in [2.24, 2.45) is 0 Å². The van der Waals surface area contributed by atoms with E-state index in [0.29, 0.717) is 0 Å². The summed E-state index contributed by atoms with van der Waals surface area (Å²) >= 11 is 0. The fourth-order valence-corrected chi connectivity index (χ4v) is 1.50. The van der Waals surface area contributed by atoms with E-state index in [9.17, 15) is 0 Å². The Morgan fingerprint density at radius 3 is 2.27 bits per heavy atom. The first-order valence-electron chi connectivity index (χ1n) is 6.14. The van der Waals surface area contributed by atoms with Crippen LogP contribution in [0.25, 0.3) is 0 Å². The smallest absolute Gasteiger partial charge is 0.121 e. The Labute approximate surface area is 95.2 Å². The molecule has 0 atom stereocenters. The predicted octanol–water partition coefficient (Wildman–Crippen LogP) is 5.01. The zero-order valence-corrected chi connectivity index (χ0v) is 10.1. The third-order valence-corrected chi connectivity index (χ3v) is 2.40. The van der Waals surface area contributed by atoms with Crippen LogP contribution in [0.3, 0.4) is 0 Å². The first-order valence-corrected chi connectivity index (χ1v) is 6.14. The number of hydrogen-bond acceptors (Lipinski definition) is 1. The zero-order chi connectivity index (χ0) is 11.2. The van der Waals surface area contributed by atoms with Crippen molar-refractivity contribution in [1.29, 1.82) is 0 Å². The summed E-state index contributed by atoms with van der Waals surface area (Å²) in [5.74, 6) is 0. The second kappa shape index (κ2) is 13.3. The lowest BCUT2D eigenvalue weighted by molar-refractivity contribution is 0.394. The normalized spacial score (nSPS) is 11.6. The summed E-state index contributed by atoms with van der Waals surface area (Å²) in [6.45, 7) is 2.26. The highest BCUT2D eigenvalue weighted by Gasteiger charge is 1.88. The van der Waals surface area contributed by atoms with E-state index in [1.165, 1.54) is 51.4 Å². The SMILES string of the molecule is [CH2]OC=CC=CCCCCCCCCC. The van der Waals surface area contributed by atoms with Crippen LogP contribution in [0, 0.1) is 7.11 Å². The Morgan fingerprint density at radius 2 is 1.60 bits per heavy atom. The summed E-state index contributed by atoms with van der Waals surface area (Å²) in [4.78, 5) is 0. The van der Waals surface area contributed by atoms with Crippen molar-refractivity contribution < 1.29 is 4.74 Å². The van der Waals surface area contributed by atoms with Crippen LogP contribution in [-0.4, -0.2) is 0 Å². The van der Waals surface area contributed by atoms with E-state index in [2.05, 4.69) is 24.8 Å². The van der Waals surface area contributed by atoms with Gasteiger partial charge in [0.25, 0.3) is 0 Å². The molecule has 0 aliphatic heterocycles. The van der Waals surface area contributed by atoms with E-state index in [1.807, 2.05) is 12.2 Å². The van der Waals surface area contributed by atoms with E-state index >= 15 is 0 Å². The van der Waals surface area contributed by atoms with Crippen LogP contribution in [-0.2, 0) is 4.74 Å². The van der Waals surface area contributed by atoms with Gasteiger partial charge in [0.1, 0.15) is 7.11 Å². The van der Waals surface area contributed by atoms with Crippen LogP contribution < -0.4 is 0 Å². The average molecular weight is 209 g/mol. The maximum absolute atomic E-state index is 4.54. The Bertz CT molecular complexity index is 159. The van der Waals surface area contributed by atoms with Gasteiger partial charge in [-0.15, -0.1) is 0 Å². The minimum Gasteiger partial charge on any atom is -0.498 e. The third kappa shape index (κ3) is 13.3. The molecule has 0 unspecified atom stereocenters. The molecule has 0 rings (SSSR count). The molecule has 0 bridgehead atoms. The molecule has 0 N–H and O–H groups in total. The van der Waals surface area contributed by atoms with Gasteiger partial charge in [-0.1, -0.05) is 57.6 Å². The number of rotatable bonds is 10.